The number of hydrogen-bond donors (Lipinski definition) is 1. The number of thiophene rings is 1. The van der Waals surface area contributed by atoms with Crippen LogP contribution in [0.3, 0.4) is 0 Å². The van der Waals surface area contributed by atoms with E-state index in [0.29, 0.717) is 15.2 Å². The molecule has 0 spiro atoms. The molecule has 0 aliphatic rings. The van der Waals surface area contributed by atoms with Crippen LogP contribution in [0.25, 0.3) is 21.3 Å². The van der Waals surface area contributed by atoms with Crippen LogP contribution in [-0.2, 0) is 11.3 Å². The highest BCUT2D eigenvalue weighted by atomic mass is 35.5. The van der Waals surface area contributed by atoms with Crippen LogP contribution in [0.15, 0.2) is 53.6 Å². The second-order valence-corrected chi connectivity index (χ2v) is 10.7. The molecule has 2 aromatic carbocycles. The lowest BCUT2D eigenvalue weighted by molar-refractivity contribution is -0.116. The molecule has 34 heavy (non-hydrogen) atoms. The molecule has 0 saturated carbocycles. The third-order valence-corrected chi connectivity index (χ3v) is 7.20. The largest absolute Gasteiger partial charge is 0.324 e. The van der Waals surface area contributed by atoms with Crippen LogP contribution >= 0.6 is 22.9 Å². The molecule has 0 fully saturated rings. The average Bonchev–Trinajstić information content (AvgIpc) is 3.12. The van der Waals surface area contributed by atoms with E-state index >= 15 is 0 Å². The maximum absolute atomic E-state index is 13.5. The summed E-state index contributed by atoms with van der Waals surface area (Å²) in [6.45, 7) is 10.3. The fourth-order valence-corrected chi connectivity index (χ4v) is 5.37. The van der Waals surface area contributed by atoms with Crippen molar-refractivity contribution in [1.29, 1.82) is 0 Å². The van der Waals surface area contributed by atoms with Gasteiger partial charge in [-0.2, -0.15) is 0 Å². The first-order chi connectivity index (χ1) is 16.2. The number of hydrogen-bond acceptors (Lipinski definition) is 4. The van der Waals surface area contributed by atoms with Crippen molar-refractivity contribution in [2.45, 2.75) is 53.0 Å². The van der Waals surface area contributed by atoms with E-state index < -0.39 is 0 Å². The normalized spacial score (nSPS) is 11.5. The molecule has 0 atom stereocenters. The van der Waals surface area contributed by atoms with Crippen LogP contribution in [0, 0.1) is 6.92 Å². The van der Waals surface area contributed by atoms with Crippen LogP contribution < -0.4 is 10.9 Å². The maximum atomic E-state index is 13.5. The number of aromatic nitrogens is 2. The molecule has 4 aromatic rings. The molecule has 1 amide bonds. The topological polar surface area (TPSA) is 64.0 Å². The first-order valence-electron chi connectivity index (χ1n) is 11.3. The molecule has 0 saturated heterocycles. The van der Waals surface area contributed by atoms with Gasteiger partial charge in [0.05, 0.1) is 11.7 Å². The third-order valence-electron chi connectivity index (χ3n) is 5.94. The zero-order valence-corrected chi connectivity index (χ0v) is 21.6. The average molecular weight is 494 g/mol. The summed E-state index contributed by atoms with van der Waals surface area (Å²) in [7, 11) is 0. The summed E-state index contributed by atoms with van der Waals surface area (Å²) in [6.07, 6.45) is 1.46. The number of nitrogens with zero attached hydrogens (tertiary/aromatic N) is 2. The van der Waals surface area contributed by atoms with E-state index in [1.807, 2.05) is 37.3 Å². The van der Waals surface area contributed by atoms with Crippen LogP contribution in [0.4, 0.5) is 5.69 Å². The van der Waals surface area contributed by atoms with Gasteiger partial charge in [-0.25, -0.2) is 4.98 Å². The highest BCUT2D eigenvalue weighted by Crippen LogP contribution is 2.36. The van der Waals surface area contributed by atoms with Crippen molar-refractivity contribution < 1.29 is 4.79 Å². The predicted octanol–water partition coefficient (Wildman–Crippen LogP) is 6.97. The summed E-state index contributed by atoms with van der Waals surface area (Å²) in [6, 6.07) is 13.5. The molecule has 2 heterocycles. The van der Waals surface area contributed by atoms with Gasteiger partial charge >= 0.3 is 0 Å². The van der Waals surface area contributed by atoms with Gasteiger partial charge in [-0.3, -0.25) is 14.2 Å². The number of aryl methyl sites for hydroxylation is 1. The van der Waals surface area contributed by atoms with Gasteiger partial charge < -0.3 is 5.32 Å². The monoisotopic (exact) mass is 493 g/mol. The molecule has 0 aliphatic carbocycles. The van der Waals surface area contributed by atoms with Crippen LogP contribution in [0.2, 0.25) is 5.02 Å². The number of fused-ring (bicyclic) bond motifs is 1. The number of anilines is 1. The molecule has 0 bridgehead atoms. The highest BCUT2D eigenvalue weighted by Gasteiger charge is 2.20. The van der Waals surface area contributed by atoms with Gasteiger partial charge in [0.15, 0.2) is 0 Å². The predicted molar refractivity (Wildman–Crippen MR) is 142 cm³/mol. The quantitative estimate of drug-likeness (QED) is 0.315. The Morgan fingerprint density at radius 2 is 1.68 bits per heavy atom. The van der Waals surface area contributed by atoms with Crippen molar-refractivity contribution >= 4 is 44.7 Å². The number of nitrogens with one attached hydrogen (secondary N) is 1. The molecule has 176 valence electrons. The van der Waals surface area contributed by atoms with Gasteiger partial charge in [-0.1, -0.05) is 69.6 Å². The number of benzene rings is 2. The van der Waals surface area contributed by atoms with Crippen LogP contribution in [-0.4, -0.2) is 15.5 Å². The van der Waals surface area contributed by atoms with Gasteiger partial charge in [-0.15, -0.1) is 11.3 Å². The van der Waals surface area contributed by atoms with E-state index in [-0.39, 0.29) is 29.8 Å². The second-order valence-electron chi connectivity index (χ2n) is 9.07. The SMILES string of the molecule is Cc1sc2ncn(CC(=O)Nc3c(C(C)C)cccc3C(C)C)c(=O)c2c1-c1ccc(Cl)cc1. The molecular formula is C27H28ClN3O2S. The Balaban J connectivity index is 1.71. The van der Waals surface area contributed by atoms with Crippen LogP contribution in [0.1, 0.15) is 55.5 Å². The first kappa shape index (κ1) is 24.2. The summed E-state index contributed by atoms with van der Waals surface area (Å²) < 4.78 is 1.39. The van der Waals surface area contributed by atoms with Gasteiger partial charge in [0.25, 0.3) is 5.56 Å². The van der Waals surface area contributed by atoms with Crippen molar-refractivity contribution in [3.8, 4) is 11.1 Å². The lowest BCUT2D eigenvalue weighted by atomic mass is 9.92. The minimum atomic E-state index is -0.252. The molecule has 7 heteroatoms. The van der Waals surface area contributed by atoms with Crippen molar-refractivity contribution in [3.63, 3.8) is 0 Å². The summed E-state index contributed by atoms with van der Waals surface area (Å²) >= 11 is 7.53. The lowest BCUT2D eigenvalue weighted by Gasteiger charge is -2.20. The molecule has 2 aromatic heterocycles. The Labute approximate surface area is 208 Å². The fourth-order valence-electron chi connectivity index (χ4n) is 4.24. The van der Waals surface area contributed by atoms with E-state index in [1.165, 1.54) is 22.2 Å². The minimum Gasteiger partial charge on any atom is -0.324 e. The number of para-hydroxylation sites is 1. The Morgan fingerprint density at radius 3 is 2.26 bits per heavy atom. The van der Waals surface area contributed by atoms with E-state index in [4.69, 9.17) is 11.6 Å². The number of rotatable bonds is 6. The lowest BCUT2D eigenvalue weighted by Crippen LogP contribution is -2.28. The Kier molecular flexibility index (Phi) is 6.91. The van der Waals surface area contributed by atoms with Gasteiger partial charge in [0, 0.05) is 21.2 Å². The zero-order valence-electron chi connectivity index (χ0n) is 20.0. The van der Waals surface area contributed by atoms with Gasteiger partial charge in [0.2, 0.25) is 5.91 Å². The molecule has 0 radical (unpaired) electrons. The first-order valence-corrected chi connectivity index (χ1v) is 12.5. The smallest absolute Gasteiger partial charge is 0.263 e. The Morgan fingerprint density at radius 1 is 1.06 bits per heavy atom. The fraction of sp³-hybridized carbons (Fsp3) is 0.296. The molecule has 5 nitrogen and oxygen atoms in total. The number of amides is 1. The number of carbonyl (C=O) groups is 1. The third kappa shape index (κ3) is 4.65. The number of halogens is 1. The van der Waals surface area contributed by atoms with E-state index in [9.17, 15) is 9.59 Å². The summed E-state index contributed by atoms with van der Waals surface area (Å²) in [5.41, 5.74) is 4.53. The van der Waals surface area contributed by atoms with Crippen molar-refractivity contribution in [2.75, 3.05) is 5.32 Å². The zero-order chi connectivity index (χ0) is 24.6. The van der Waals surface area contributed by atoms with Gasteiger partial charge in [-0.05, 0) is 47.6 Å². The molecule has 0 aliphatic heterocycles. The van der Waals surface area contributed by atoms with E-state index in [1.54, 1.807) is 12.1 Å². The molecular weight excluding hydrogens is 466 g/mol. The molecule has 4 rings (SSSR count). The maximum Gasteiger partial charge on any atom is 0.263 e. The Hall–Kier alpha value is -2.96. The second kappa shape index (κ2) is 9.72. The summed E-state index contributed by atoms with van der Waals surface area (Å²) in [5.74, 6) is 0.258. The minimum absolute atomic E-state index is 0.110. The van der Waals surface area contributed by atoms with E-state index in [2.05, 4.69) is 38.0 Å². The summed E-state index contributed by atoms with van der Waals surface area (Å²) in [5, 5.41) is 4.25. The number of carbonyl (C=O) groups excluding carboxylic acids is 1. The summed E-state index contributed by atoms with van der Waals surface area (Å²) in [4.78, 5) is 32.7. The van der Waals surface area contributed by atoms with Crippen molar-refractivity contribution in [2.24, 2.45) is 0 Å². The molecule has 1 N–H and O–H groups in total. The van der Waals surface area contributed by atoms with Gasteiger partial charge in [0.1, 0.15) is 11.4 Å². The highest BCUT2D eigenvalue weighted by molar-refractivity contribution is 7.19. The van der Waals surface area contributed by atoms with Crippen LogP contribution in [0.5, 0.6) is 0 Å². The van der Waals surface area contributed by atoms with Crippen molar-refractivity contribution in [1.82, 2.24) is 9.55 Å². The standard InChI is InChI=1S/C27H28ClN3O2S/c1-15(2)20-7-6-8-21(16(3)4)25(20)30-22(32)13-31-14-29-26-24(27(31)33)23(17(5)34-26)18-9-11-19(28)12-10-18/h6-12,14-16H,13H2,1-5H3,(H,30,32). The molecule has 0 unspecified atom stereocenters. The van der Waals surface area contributed by atoms with E-state index in [0.717, 1.165) is 32.8 Å². The van der Waals surface area contributed by atoms with Crippen molar-refractivity contribution in [3.05, 3.63) is 80.2 Å². The Bertz CT molecular complexity index is 1390.